The lowest BCUT2D eigenvalue weighted by atomic mass is 10.1. The molecule has 0 amide bonds. The molecule has 0 aliphatic rings. The van der Waals surface area contributed by atoms with Gasteiger partial charge in [0, 0.05) is 17.8 Å². The van der Waals surface area contributed by atoms with Crippen LogP contribution in [0, 0.1) is 0 Å². The van der Waals surface area contributed by atoms with Gasteiger partial charge < -0.3 is 14.6 Å². The zero-order valence-electron chi connectivity index (χ0n) is 20.0. The molecule has 0 aliphatic carbocycles. The van der Waals surface area contributed by atoms with Crippen LogP contribution in [0.25, 0.3) is 0 Å². The van der Waals surface area contributed by atoms with Crippen molar-refractivity contribution in [3.8, 4) is 17.2 Å². The highest BCUT2D eigenvalue weighted by molar-refractivity contribution is 5.91. The maximum absolute atomic E-state index is 12.5. The van der Waals surface area contributed by atoms with E-state index in [1.807, 2.05) is 12.1 Å². The van der Waals surface area contributed by atoms with Crippen LogP contribution < -0.4 is 9.47 Å². The fraction of sp³-hybridized carbons (Fsp3) is 0.310. The number of esters is 1. The third kappa shape index (κ3) is 7.77. The average molecular weight is 460 g/mol. The number of phenols is 1. The van der Waals surface area contributed by atoms with Gasteiger partial charge in [-0.25, -0.2) is 4.79 Å². The molecule has 0 fully saturated rings. The summed E-state index contributed by atoms with van der Waals surface area (Å²) in [5.74, 6) is 0.486. The number of hydrogen-bond donors (Lipinski definition) is 1. The van der Waals surface area contributed by atoms with Crippen molar-refractivity contribution in [1.29, 1.82) is 0 Å². The molecule has 3 aromatic rings. The number of benzene rings is 3. The van der Waals surface area contributed by atoms with Gasteiger partial charge in [-0.05, 0) is 66.9 Å². The first-order valence-electron chi connectivity index (χ1n) is 12.0. The highest BCUT2D eigenvalue weighted by atomic mass is 16.5. The molecule has 0 saturated carbocycles. The van der Waals surface area contributed by atoms with Crippen molar-refractivity contribution in [1.82, 2.24) is 0 Å². The Bertz CT molecular complexity index is 1070. The van der Waals surface area contributed by atoms with Crippen molar-refractivity contribution in [2.75, 3.05) is 6.61 Å². The number of carbonyl (C=O) groups is 1. The van der Waals surface area contributed by atoms with E-state index in [9.17, 15) is 9.90 Å². The number of aryl methyl sites for hydroxylation is 1. The predicted molar refractivity (Wildman–Crippen MR) is 137 cm³/mol. The molecule has 178 valence electrons. The first-order valence-corrected chi connectivity index (χ1v) is 12.0. The topological polar surface area (TPSA) is 68.1 Å². The lowest BCUT2D eigenvalue weighted by Gasteiger charge is -2.08. The monoisotopic (exact) mass is 459 g/mol. The van der Waals surface area contributed by atoms with E-state index in [1.54, 1.807) is 42.6 Å². The van der Waals surface area contributed by atoms with Gasteiger partial charge in [-0.3, -0.25) is 4.99 Å². The zero-order valence-corrected chi connectivity index (χ0v) is 20.0. The van der Waals surface area contributed by atoms with Crippen LogP contribution in [0.2, 0.25) is 0 Å². The number of carbonyl (C=O) groups excluding carboxylic acids is 1. The number of hydrogen-bond acceptors (Lipinski definition) is 5. The number of phenolic OH excluding ortho intramolecular Hbond substituents is 1. The number of nitrogens with zero attached hydrogens (tertiary/aromatic N) is 1. The van der Waals surface area contributed by atoms with Crippen molar-refractivity contribution < 1.29 is 19.4 Å². The summed E-state index contributed by atoms with van der Waals surface area (Å²) < 4.78 is 11.1. The molecule has 0 heterocycles. The molecule has 0 atom stereocenters. The Hall–Kier alpha value is -3.60. The van der Waals surface area contributed by atoms with Crippen LogP contribution in [0.1, 0.15) is 67.4 Å². The van der Waals surface area contributed by atoms with E-state index in [2.05, 4.69) is 31.0 Å². The minimum atomic E-state index is -0.498. The van der Waals surface area contributed by atoms with E-state index in [1.165, 1.54) is 24.5 Å². The smallest absolute Gasteiger partial charge is 0.343 e. The first-order chi connectivity index (χ1) is 16.6. The summed E-state index contributed by atoms with van der Waals surface area (Å²) in [6.45, 7) is 5.00. The number of rotatable bonds is 12. The molecule has 0 radical (unpaired) electrons. The summed E-state index contributed by atoms with van der Waals surface area (Å²) in [5, 5.41) is 10.3. The molecule has 0 bridgehead atoms. The van der Waals surface area contributed by atoms with Gasteiger partial charge in [0.05, 0.1) is 17.9 Å². The second-order valence-corrected chi connectivity index (χ2v) is 8.22. The molecule has 0 saturated heterocycles. The Labute approximate surface area is 202 Å². The van der Waals surface area contributed by atoms with Crippen LogP contribution in [0.15, 0.2) is 71.7 Å². The molecular formula is C29H33NO4. The van der Waals surface area contributed by atoms with E-state index in [4.69, 9.17) is 9.47 Å². The summed E-state index contributed by atoms with van der Waals surface area (Å²) in [7, 11) is 0. The molecule has 0 spiro atoms. The predicted octanol–water partition coefficient (Wildman–Crippen LogP) is 7.27. The molecule has 3 aromatic carbocycles. The Morgan fingerprint density at radius 1 is 0.882 bits per heavy atom. The Balaban J connectivity index is 1.54. The Morgan fingerprint density at radius 2 is 1.62 bits per heavy atom. The quantitative estimate of drug-likeness (QED) is 0.134. The molecular weight excluding hydrogens is 426 g/mol. The van der Waals surface area contributed by atoms with E-state index >= 15 is 0 Å². The summed E-state index contributed by atoms with van der Waals surface area (Å²) in [4.78, 5) is 16.9. The van der Waals surface area contributed by atoms with Crippen molar-refractivity contribution in [3.63, 3.8) is 0 Å². The van der Waals surface area contributed by atoms with E-state index in [0.717, 1.165) is 37.1 Å². The van der Waals surface area contributed by atoms with Crippen molar-refractivity contribution >= 4 is 17.9 Å². The minimum absolute atomic E-state index is 0.0107. The van der Waals surface area contributed by atoms with Gasteiger partial charge in [-0.2, -0.15) is 0 Å². The van der Waals surface area contributed by atoms with Crippen LogP contribution in [0.4, 0.5) is 5.69 Å². The molecule has 5 nitrogen and oxygen atoms in total. The van der Waals surface area contributed by atoms with Gasteiger partial charge in [0.1, 0.15) is 17.2 Å². The standard InChI is InChI=1S/C29H33NO4/c1-3-5-6-7-19-33-26-16-11-23(12-17-26)29(32)34-27-18-13-24(28(31)20-27)21-30-25-14-9-22(8-4-2)10-15-25/h9-18,20-21,31H,3-8,19H2,1-2H3. The fourth-order valence-corrected chi connectivity index (χ4v) is 3.45. The number of aliphatic imine (C=N–C) groups is 1. The van der Waals surface area contributed by atoms with E-state index in [-0.39, 0.29) is 11.5 Å². The van der Waals surface area contributed by atoms with Crippen molar-refractivity contribution in [2.24, 2.45) is 4.99 Å². The lowest BCUT2D eigenvalue weighted by Crippen LogP contribution is -2.08. The molecule has 5 heteroatoms. The van der Waals surface area contributed by atoms with Crippen LogP contribution in [0.3, 0.4) is 0 Å². The SMILES string of the molecule is CCCCCCOc1ccc(C(=O)Oc2ccc(C=Nc3ccc(CCC)cc3)c(O)c2)cc1. The van der Waals surface area contributed by atoms with Gasteiger partial charge in [0.15, 0.2) is 0 Å². The molecule has 0 unspecified atom stereocenters. The van der Waals surface area contributed by atoms with Gasteiger partial charge in [-0.1, -0.05) is 51.7 Å². The number of aromatic hydroxyl groups is 1. The van der Waals surface area contributed by atoms with Crippen LogP contribution in [-0.2, 0) is 6.42 Å². The molecule has 0 aliphatic heterocycles. The second kappa shape index (κ2) is 13.2. The lowest BCUT2D eigenvalue weighted by molar-refractivity contribution is 0.0734. The fourth-order valence-electron chi connectivity index (χ4n) is 3.45. The van der Waals surface area contributed by atoms with Gasteiger partial charge >= 0.3 is 5.97 Å². The Kier molecular flexibility index (Phi) is 9.71. The summed E-state index contributed by atoms with van der Waals surface area (Å²) in [6, 6.07) is 19.6. The normalized spacial score (nSPS) is 11.0. The maximum Gasteiger partial charge on any atom is 0.343 e. The summed E-state index contributed by atoms with van der Waals surface area (Å²) in [5.41, 5.74) is 3.04. The van der Waals surface area contributed by atoms with Crippen molar-refractivity contribution in [2.45, 2.75) is 52.4 Å². The van der Waals surface area contributed by atoms with Crippen LogP contribution >= 0.6 is 0 Å². The van der Waals surface area contributed by atoms with Crippen LogP contribution in [0.5, 0.6) is 17.2 Å². The van der Waals surface area contributed by atoms with Gasteiger partial charge in [0.2, 0.25) is 0 Å². The third-order valence-corrected chi connectivity index (χ3v) is 5.40. The van der Waals surface area contributed by atoms with Crippen molar-refractivity contribution in [3.05, 3.63) is 83.4 Å². The number of unbranched alkanes of at least 4 members (excludes halogenated alkanes) is 3. The Morgan fingerprint density at radius 3 is 2.29 bits per heavy atom. The minimum Gasteiger partial charge on any atom is -0.507 e. The van der Waals surface area contributed by atoms with E-state index in [0.29, 0.717) is 17.7 Å². The molecule has 3 rings (SSSR count). The van der Waals surface area contributed by atoms with Gasteiger partial charge in [-0.15, -0.1) is 0 Å². The number of ether oxygens (including phenoxy) is 2. The van der Waals surface area contributed by atoms with Gasteiger partial charge in [0.25, 0.3) is 0 Å². The van der Waals surface area contributed by atoms with Crippen LogP contribution in [-0.4, -0.2) is 23.9 Å². The van der Waals surface area contributed by atoms with E-state index < -0.39 is 5.97 Å². The summed E-state index contributed by atoms with van der Waals surface area (Å²) >= 11 is 0. The zero-order chi connectivity index (χ0) is 24.2. The third-order valence-electron chi connectivity index (χ3n) is 5.40. The second-order valence-electron chi connectivity index (χ2n) is 8.22. The molecule has 34 heavy (non-hydrogen) atoms. The highest BCUT2D eigenvalue weighted by Crippen LogP contribution is 2.24. The molecule has 0 aromatic heterocycles. The average Bonchev–Trinajstić information content (AvgIpc) is 2.85. The largest absolute Gasteiger partial charge is 0.507 e. The molecule has 1 N–H and O–H groups in total. The highest BCUT2D eigenvalue weighted by Gasteiger charge is 2.10. The maximum atomic E-state index is 12.5. The first kappa shape index (κ1) is 25.0. The summed E-state index contributed by atoms with van der Waals surface area (Å²) in [6.07, 6.45) is 8.32.